The van der Waals surface area contributed by atoms with Gasteiger partial charge in [-0.15, -0.1) is 15.3 Å². The van der Waals surface area contributed by atoms with E-state index in [1.54, 1.807) is 24.3 Å². The molecule has 0 aromatic heterocycles. The van der Waals surface area contributed by atoms with Crippen LogP contribution in [0.4, 0.5) is 28.4 Å². The maximum Gasteiger partial charge on any atom is 0.294 e. The molecule has 298 valence electrons. The number of carbonyl (C=O) groups is 2. The van der Waals surface area contributed by atoms with E-state index in [9.17, 15) is 48.5 Å². The van der Waals surface area contributed by atoms with Gasteiger partial charge < -0.3 is 5.73 Å². The minimum Gasteiger partial charge on any atom is -0.369 e. The number of anilines is 1. The summed E-state index contributed by atoms with van der Waals surface area (Å²) in [6, 6.07) is 23.5. The second-order valence-electron chi connectivity index (χ2n) is 12.8. The highest BCUT2D eigenvalue weighted by Gasteiger charge is 2.22. The van der Waals surface area contributed by atoms with Crippen molar-refractivity contribution in [2.24, 2.45) is 31.3 Å². The molecule has 0 fully saturated rings. The molecule has 21 heteroatoms. The lowest BCUT2D eigenvalue weighted by atomic mass is 9.95. The van der Waals surface area contributed by atoms with Gasteiger partial charge in [0.1, 0.15) is 5.71 Å². The predicted octanol–water partition coefficient (Wildman–Crippen LogP) is 7.00. The molecule has 7 rings (SSSR count). The Hall–Kier alpha value is -6.88. The Bertz CT molecular complexity index is 3240. The number of nitrogens with two attached hydrogens (primary N) is 1. The Labute approximate surface area is 334 Å². The Morgan fingerprint density at radius 1 is 0.576 bits per heavy atom. The van der Waals surface area contributed by atoms with Gasteiger partial charge in [-0.25, -0.2) is 0 Å². The average Bonchev–Trinajstić information content (AvgIpc) is 3.18. The van der Waals surface area contributed by atoms with Crippen LogP contribution in [0.2, 0.25) is 0 Å². The summed E-state index contributed by atoms with van der Waals surface area (Å²) in [5, 5.41) is 22.5. The van der Waals surface area contributed by atoms with Gasteiger partial charge in [0.05, 0.1) is 49.5 Å². The van der Waals surface area contributed by atoms with Gasteiger partial charge in [-0.3, -0.25) is 28.7 Å². The van der Waals surface area contributed by atoms with Crippen LogP contribution in [0.15, 0.2) is 149 Å². The number of primary amides is 1. The molecule has 1 aliphatic rings. The lowest BCUT2D eigenvalue weighted by Crippen LogP contribution is -2.19. The van der Waals surface area contributed by atoms with Gasteiger partial charge in [-0.2, -0.15) is 35.5 Å². The summed E-state index contributed by atoms with van der Waals surface area (Å²) in [7, 11) is -13.9. The monoisotopic (exact) mass is 853 g/mol. The summed E-state index contributed by atoms with van der Waals surface area (Å²) < 4.78 is 101. The number of fused-ring (bicyclic) bond motifs is 3. The number of nitrogens with one attached hydrogen (secondary N) is 1. The van der Waals surface area contributed by atoms with Crippen LogP contribution in [0.3, 0.4) is 0 Å². The number of azo groups is 2. The van der Waals surface area contributed by atoms with E-state index >= 15 is 0 Å². The molecule has 0 unspecified atom stereocenters. The van der Waals surface area contributed by atoms with Gasteiger partial charge in [0.2, 0.25) is 11.7 Å². The smallest absolute Gasteiger partial charge is 0.294 e. The summed E-state index contributed by atoms with van der Waals surface area (Å²) in [6.45, 7) is 0. The topological polar surface area (TPSA) is 297 Å². The molecule has 0 spiro atoms. The third kappa shape index (κ3) is 8.84. The lowest BCUT2D eigenvalue weighted by Gasteiger charge is -2.14. The number of allylic oxidation sites excluding steroid dienone is 1. The summed E-state index contributed by atoms with van der Waals surface area (Å²) in [5.74, 6) is -1.02. The van der Waals surface area contributed by atoms with Crippen LogP contribution in [-0.2, 0) is 46.4 Å². The molecule has 0 heterocycles. The molecule has 0 radical (unpaired) electrons. The van der Waals surface area contributed by atoms with E-state index in [4.69, 9.17) is 5.73 Å². The molecule has 1 amide bonds. The number of ketones is 1. The molecular weight excluding hydrogens is 827 g/mol. The Morgan fingerprint density at radius 2 is 1.08 bits per heavy atom. The second-order valence-corrected chi connectivity index (χ2v) is 17.1. The van der Waals surface area contributed by atoms with Crippen LogP contribution in [0, 0.1) is 0 Å². The van der Waals surface area contributed by atoms with E-state index in [2.05, 4.69) is 31.0 Å². The minimum absolute atomic E-state index is 0.0342. The first-order valence-corrected chi connectivity index (χ1v) is 21.1. The molecule has 1 aliphatic carbocycles. The van der Waals surface area contributed by atoms with Crippen molar-refractivity contribution in [3.8, 4) is 0 Å². The van der Waals surface area contributed by atoms with Crippen molar-refractivity contribution in [1.82, 2.24) is 0 Å². The molecule has 6 N–H and O–H groups in total. The lowest BCUT2D eigenvalue weighted by molar-refractivity contribution is -0.117. The van der Waals surface area contributed by atoms with Crippen LogP contribution in [0.1, 0.15) is 16.7 Å². The minimum atomic E-state index is -4.70. The molecule has 6 aromatic carbocycles. The SMILES string of the molecule is NC(=O)Cc1ccc(N=Nc2ccc(N=Nc3ccc(N/N=C4/C(=O)C=Cc5cc(S(=O)(=O)O)ccc54)c4ccc(S(=O)(=O)O)cc34)c3ccc(S(=O)(=O)O)cc23)cc1. The molecule has 0 aliphatic heterocycles. The molecule has 0 bridgehead atoms. The van der Waals surface area contributed by atoms with E-state index in [0.29, 0.717) is 27.6 Å². The fraction of sp³-hybridized carbons (Fsp3) is 0.0263. The summed E-state index contributed by atoms with van der Waals surface area (Å²) in [5.41, 5.74) is 10.3. The number of nitrogens with zero attached hydrogens (tertiary/aromatic N) is 5. The molecule has 0 saturated heterocycles. The van der Waals surface area contributed by atoms with Crippen LogP contribution >= 0.6 is 0 Å². The number of hydrogen-bond donors (Lipinski definition) is 5. The van der Waals surface area contributed by atoms with Gasteiger partial charge in [0.25, 0.3) is 30.4 Å². The van der Waals surface area contributed by atoms with Crippen molar-refractivity contribution < 1.29 is 48.5 Å². The van der Waals surface area contributed by atoms with Crippen LogP contribution in [0.5, 0.6) is 0 Å². The zero-order valence-electron chi connectivity index (χ0n) is 29.8. The molecule has 0 atom stereocenters. The number of amides is 1. The fourth-order valence-electron chi connectivity index (χ4n) is 6.05. The molecular formula is C38H27N7O11S3. The largest absolute Gasteiger partial charge is 0.369 e. The highest BCUT2D eigenvalue weighted by Crippen LogP contribution is 2.39. The molecule has 6 aromatic rings. The van der Waals surface area contributed by atoms with Crippen molar-refractivity contribution in [1.29, 1.82) is 0 Å². The first kappa shape index (κ1) is 40.3. The Kier molecular flexibility index (Phi) is 10.6. The molecule has 18 nitrogen and oxygen atoms in total. The normalized spacial score (nSPS) is 14.2. The van der Waals surface area contributed by atoms with Crippen molar-refractivity contribution in [2.45, 2.75) is 21.1 Å². The zero-order chi connectivity index (χ0) is 42.3. The predicted molar refractivity (Wildman–Crippen MR) is 216 cm³/mol. The number of benzene rings is 6. The maximum atomic E-state index is 12.9. The van der Waals surface area contributed by atoms with Gasteiger partial charge in [0.15, 0.2) is 0 Å². The first-order valence-electron chi connectivity index (χ1n) is 16.8. The molecule has 0 saturated carbocycles. The van der Waals surface area contributed by atoms with Crippen molar-refractivity contribution in [2.75, 3.05) is 5.43 Å². The van der Waals surface area contributed by atoms with Crippen LogP contribution < -0.4 is 11.2 Å². The Morgan fingerprint density at radius 3 is 1.68 bits per heavy atom. The third-order valence-corrected chi connectivity index (χ3v) is 11.4. The number of hydrazone groups is 1. The summed E-state index contributed by atoms with van der Waals surface area (Å²) in [6.07, 6.45) is 2.58. The van der Waals surface area contributed by atoms with E-state index < -0.39 is 51.8 Å². The van der Waals surface area contributed by atoms with E-state index in [1.807, 2.05) is 0 Å². The van der Waals surface area contributed by atoms with Crippen molar-refractivity contribution >= 4 is 104 Å². The van der Waals surface area contributed by atoms with Gasteiger partial charge >= 0.3 is 0 Å². The van der Waals surface area contributed by atoms with E-state index in [0.717, 1.165) is 24.3 Å². The highest BCUT2D eigenvalue weighted by atomic mass is 32.2. The Balaban J connectivity index is 1.28. The fourth-order valence-corrected chi connectivity index (χ4v) is 7.58. The van der Waals surface area contributed by atoms with E-state index in [-0.39, 0.29) is 56.1 Å². The number of hydrogen-bond acceptors (Lipinski definition) is 14. The second kappa shape index (κ2) is 15.5. The van der Waals surface area contributed by atoms with Crippen LogP contribution in [-0.4, -0.2) is 56.3 Å². The van der Waals surface area contributed by atoms with Gasteiger partial charge in [-0.1, -0.05) is 36.4 Å². The summed E-state index contributed by atoms with van der Waals surface area (Å²) in [4.78, 5) is 22.8. The first-order chi connectivity index (χ1) is 27.8. The van der Waals surface area contributed by atoms with Crippen molar-refractivity contribution in [3.63, 3.8) is 0 Å². The van der Waals surface area contributed by atoms with Crippen molar-refractivity contribution in [3.05, 3.63) is 126 Å². The standard InChI is InChI=1S/C38H27N7O11S3/c39-37(47)17-21-1-4-23(5-2-21)40-41-34-14-12-32(28-10-7-25(19-30(28)34)58(51,52)53)42-43-35-15-13-33(29-11-8-26(20-31(29)35)59(54,55)56)44-45-38-27-9-6-24(57(48,49)50)18-22(27)3-16-36(38)46/h1-16,18-20,44H,17H2,(H2,39,47)(H,48,49,50)(H,51,52,53)(H,54,55,56)/b41-40?,43-42?,45-38+. The third-order valence-electron chi connectivity index (χ3n) is 8.87. The highest BCUT2D eigenvalue weighted by molar-refractivity contribution is 7.86. The number of rotatable bonds is 11. The quantitative estimate of drug-likeness (QED) is 0.0500. The van der Waals surface area contributed by atoms with E-state index in [1.165, 1.54) is 66.7 Å². The van der Waals surface area contributed by atoms with Gasteiger partial charge in [0, 0.05) is 27.1 Å². The van der Waals surface area contributed by atoms with Crippen LogP contribution in [0.25, 0.3) is 27.6 Å². The number of carbonyl (C=O) groups excluding carboxylic acids is 2. The average molecular weight is 854 g/mol. The summed E-state index contributed by atoms with van der Waals surface area (Å²) >= 11 is 0. The molecule has 59 heavy (non-hydrogen) atoms. The zero-order valence-corrected chi connectivity index (χ0v) is 32.3. The maximum absolute atomic E-state index is 12.9. The van der Waals surface area contributed by atoms with Gasteiger partial charge in [-0.05, 0) is 90.0 Å².